The van der Waals surface area contributed by atoms with Crippen LogP contribution in [0.3, 0.4) is 0 Å². The summed E-state index contributed by atoms with van der Waals surface area (Å²) in [5.74, 6) is 0. The molecule has 0 radical (unpaired) electrons. The Morgan fingerprint density at radius 3 is 1.86 bits per heavy atom. The van der Waals surface area contributed by atoms with Crippen LogP contribution in [0, 0.1) is 0 Å². The molecule has 0 spiro atoms. The minimum atomic E-state index is -3.42. The molecule has 0 aliphatic carbocycles. The van der Waals surface area contributed by atoms with Gasteiger partial charge < -0.3 is 0 Å². The van der Waals surface area contributed by atoms with Crippen LogP contribution in [-0.2, 0) is 9.84 Å². The molecule has 0 N–H and O–H groups in total. The van der Waals surface area contributed by atoms with Gasteiger partial charge in [-0.05, 0) is 0 Å². The molecule has 2 heterocycles. The van der Waals surface area contributed by atoms with Gasteiger partial charge in [-0.25, -0.2) is 0 Å². The third kappa shape index (κ3) is 1.91. The van der Waals surface area contributed by atoms with Crippen molar-refractivity contribution in [1.82, 2.24) is 0 Å². The molecule has 3 aromatic rings. The minimum absolute atomic E-state index is 0.456. The van der Waals surface area contributed by atoms with Gasteiger partial charge in [0.25, 0.3) is 0 Å². The Morgan fingerprint density at radius 2 is 1.33 bits per heavy atom. The van der Waals surface area contributed by atoms with Gasteiger partial charge in [-0.15, -0.1) is 0 Å². The van der Waals surface area contributed by atoms with Crippen molar-refractivity contribution in [2.75, 3.05) is 0 Å². The Morgan fingerprint density at radius 1 is 0.762 bits per heavy atom. The summed E-state index contributed by atoms with van der Waals surface area (Å²) in [6, 6.07) is 18.6. The Bertz CT molecular complexity index is 861. The van der Waals surface area contributed by atoms with E-state index in [-0.39, 0.29) is 0 Å². The summed E-state index contributed by atoms with van der Waals surface area (Å²) in [6.07, 6.45) is 1.67. The first kappa shape index (κ1) is 13.2. The van der Waals surface area contributed by atoms with E-state index < -0.39 is 31.6 Å². The van der Waals surface area contributed by atoms with Gasteiger partial charge in [0, 0.05) is 0 Å². The van der Waals surface area contributed by atoms with Gasteiger partial charge >= 0.3 is 131 Å². The van der Waals surface area contributed by atoms with Crippen LogP contribution in [0.15, 0.2) is 81.1 Å². The van der Waals surface area contributed by atoms with Crippen molar-refractivity contribution < 1.29 is 12.8 Å². The predicted molar refractivity (Wildman–Crippen MR) is 81.7 cm³/mol. The standard InChI is InChI=1S/C12H8O2S.C4H3O.Bi/c13-15(14,11-7-3-1-4-8-11)12-9-5-2-6-10-12;1-2-4-5-3-1;/h1-7,9H;1-3H;. The molecule has 104 valence electrons. The molecule has 0 fully saturated rings. The fourth-order valence-electron chi connectivity index (χ4n) is 2.62. The molecular weight excluding hydrogens is 481 g/mol. The Balaban J connectivity index is 2.11. The fourth-order valence-corrected chi connectivity index (χ4v) is 17.0. The van der Waals surface area contributed by atoms with Crippen molar-refractivity contribution in [1.29, 1.82) is 0 Å². The third-order valence-corrected chi connectivity index (χ3v) is 16.1. The molecule has 0 amide bonds. The summed E-state index contributed by atoms with van der Waals surface area (Å²) in [4.78, 5) is 0.913. The van der Waals surface area contributed by atoms with Gasteiger partial charge in [-0.3, -0.25) is 0 Å². The first-order valence-corrected chi connectivity index (χ1v) is 13.2. The van der Waals surface area contributed by atoms with Crippen molar-refractivity contribution in [3.8, 4) is 0 Å². The van der Waals surface area contributed by atoms with E-state index in [1.54, 1.807) is 30.5 Å². The summed E-state index contributed by atoms with van der Waals surface area (Å²) in [6.45, 7) is 0. The second-order valence-corrected chi connectivity index (χ2v) is 14.7. The van der Waals surface area contributed by atoms with Gasteiger partial charge in [0.2, 0.25) is 0 Å². The van der Waals surface area contributed by atoms with Crippen LogP contribution in [0.25, 0.3) is 0 Å². The number of sulfone groups is 1. The molecule has 0 saturated carbocycles. The molecule has 21 heavy (non-hydrogen) atoms. The number of rotatable bonds is 1. The maximum absolute atomic E-state index is 12.8. The third-order valence-electron chi connectivity index (χ3n) is 3.52. The number of hydrogen-bond acceptors (Lipinski definition) is 3. The van der Waals surface area contributed by atoms with Gasteiger partial charge in [-0.2, -0.15) is 0 Å². The zero-order valence-corrected chi connectivity index (χ0v) is 15.2. The molecule has 0 atom stereocenters. The molecule has 0 saturated heterocycles. The quantitative estimate of drug-likeness (QED) is 0.372. The van der Waals surface area contributed by atoms with Crippen LogP contribution in [0.4, 0.5) is 0 Å². The van der Waals surface area contributed by atoms with E-state index >= 15 is 0 Å². The molecule has 0 bridgehead atoms. The van der Waals surface area contributed by atoms with Crippen LogP contribution < -0.4 is 10.0 Å². The monoisotopic (exact) mass is 492 g/mol. The molecule has 3 nitrogen and oxygen atoms in total. The normalized spacial score (nSPS) is 16.2. The van der Waals surface area contributed by atoms with Crippen molar-refractivity contribution in [3.05, 3.63) is 66.9 Å². The van der Waals surface area contributed by atoms with E-state index in [1.165, 1.54) is 0 Å². The summed E-state index contributed by atoms with van der Waals surface area (Å²) in [7, 11) is -3.42. The Kier molecular flexibility index (Phi) is 3.02. The van der Waals surface area contributed by atoms with Crippen LogP contribution in [0.5, 0.6) is 0 Å². The molecule has 1 aliphatic heterocycles. The Hall–Kier alpha value is -1.45. The molecular formula is C16H11BiO3S. The second kappa shape index (κ2) is 4.79. The number of hydrogen-bond donors (Lipinski definition) is 0. The average Bonchev–Trinajstić information content (AvgIpc) is 3.02. The van der Waals surface area contributed by atoms with Crippen LogP contribution in [0.1, 0.15) is 0 Å². The summed E-state index contributed by atoms with van der Waals surface area (Å²) in [5, 5.41) is 0. The van der Waals surface area contributed by atoms with Crippen molar-refractivity contribution in [3.63, 3.8) is 0 Å². The molecule has 0 unspecified atom stereocenters. The molecule has 2 aromatic carbocycles. The molecule has 1 aliphatic rings. The van der Waals surface area contributed by atoms with E-state index in [9.17, 15) is 8.42 Å². The van der Waals surface area contributed by atoms with E-state index in [4.69, 9.17) is 4.42 Å². The van der Waals surface area contributed by atoms with Crippen LogP contribution in [-0.4, -0.2) is 30.2 Å². The van der Waals surface area contributed by atoms with Crippen molar-refractivity contribution >= 4 is 41.6 Å². The first-order chi connectivity index (χ1) is 10.2. The number of furan rings is 1. The molecule has 5 heteroatoms. The fraction of sp³-hybridized carbons (Fsp3) is 0. The van der Waals surface area contributed by atoms with Gasteiger partial charge in [0.1, 0.15) is 0 Å². The zero-order chi connectivity index (χ0) is 14.4. The topological polar surface area (TPSA) is 47.3 Å². The summed E-state index contributed by atoms with van der Waals surface area (Å²) < 4.78 is 34.2. The SMILES string of the molecule is O=S1(=O)c2cccc[c]2[Bi]([c]2ccco2)[c]2ccccc21. The molecule has 1 aromatic heterocycles. The van der Waals surface area contributed by atoms with E-state index in [2.05, 4.69) is 0 Å². The van der Waals surface area contributed by atoms with Gasteiger partial charge in [0.05, 0.1) is 0 Å². The average molecular weight is 492 g/mol. The number of fused-ring (bicyclic) bond motifs is 2. The van der Waals surface area contributed by atoms with E-state index in [1.807, 2.05) is 36.4 Å². The Labute approximate surface area is 130 Å². The number of benzene rings is 2. The van der Waals surface area contributed by atoms with E-state index in [0.717, 1.165) is 10.0 Å². The van der Waals surface area contributed by atoms with Crippen LogP contribution >= 0.6 is 0 Å². The maximum atomic E-state index is 12.8. The van der Waals surface area contributed by atoms with Gasteiger partial charge in [-0.1, -0.05) is 0 Å². The van der Waals surface area contributed by atoms with Crippen LogP contribution in [0.2, 0.25) is 0 Å². The molecule has 4 rings (SSSR count). The van der Waals surface area contributed by atoms with Gasteiger partial charge in [0.15, 0.2) is 0 Å². The second-order valence-electron chi connectivity index (χ2n) is 4.73. The van der Waals surface area contributed by atoms with Crippen molar-refractivity contribution in [2.45, 2.75) is 9.79 Å². The predicted octanol–water partition coefficient (Wildman–Crippen LogP) is 0.942. The van der Waals surface area contributed by atoms with Crippen molar-refractivity contribution in [2.24, 2.45) is 0 Å². The van der Waals surface area contributed by atoms with E-state index in [0.29, 0.717) is 9.79 Å². The summed E-state index contributed by atoms with van der Waals surface area (Å²) >= 11 is -2.64. The summed E-state index contributed by atoms with van der Waals surface area (Å²) in [5.41, 5.74) is 0. The first-order valence-electron chi connectivity index (χ1n) is 6.46. The zero-order valence-electron chi connectivity index (χ0n) is 10.9.